The fourth-order valence-corrected chi connectivity index (χ4v) is 3.68. The first kappa shape index (κ1) is 25.0. The van der Waals surface area contributed by atoms with Crippen LogP contribution in [0.5, 0.6) is 0 Å². The number of aryl methyl sites for hydroxylation is 3. The molecular formula is C22H34IN7O. The number of para-hydroxylation sites is 1. The average Bonchev–Trinajstić information content (AvgIpc) is 3.10. The average molecular weight is 539 g/mol. The summed E-state index contributed by atoms with van der Waals surface area (Å²) in [4.78, 5) is 21.0. The number of anilines is 1. The highest BCUT2D eigenvalue weighted by molar-refractivity contribution is 14.0. The monoisotopic (exact) mass is 539 g/mol. The summed E-state index contributed by atoms with van der Waals surface area (Å²) in [6, 6.07) is 12.4. The van der Waals surface area contributed by atoms with Gasteiger partial charge in [-0.15, -0.1) is 24.0 Å². The standard InChI is InChI=1S/C22H33N7O.HI/c1-18-16-19(2)29(26-18)11-7-10-24-22(23-3)25-17-21(30)28-14-12-27(13-15-28)20-8-5-4-6-9-20;/h4-6,8-9,16H,7,10-15,17H2,1-3H3,(H2,23,24,25);1H. The molecule has 0 unspecified atom stereocenters. The second-order valence-corrected chi connectivity index (χ2v) is 7.56. The molecule has 1 aliphatic rings. The van der Waals surface area contributed by atoms with E-state index in [1.165, 1.54) is 11.4 Å². The Balaban J connectivity index is 0.00000341. The Morgan fingerprint density at radius 1 is 1.10 bits per heavy atom. The van der Waals surface area contributed by atoms with Gasteiger partial charge in [-0.25, -0.2) is 0 Å². The zero-order chi connectivity index (χ0) is 21.3. The number of carbonyl (C=O) groups is 1. The number of carbonyl (C=O) groups excluding carboxylic acids is 1. The fraction of sp³-hybridized carbons (Fsp3) is 0.500. The number of benzene rings is 1. The Morgan fingerprint density at radius 3 is 2.42 bits per heavy atom. The number of aliphatic imine (C=N–C) groups is 1. The Morgan fingerprint density at radius 2 is 1.81 bits per heavy atom. The van der Waals surface area contributed by atoms with E-state index in [0.717, 1.165) is 51.4 Å². The van der Waals surface area contributed by atoms with Crippen molar-refractivity contribution in [3.8, 4) is 0 Å². The molecule has 2 heterocycles. The molecule has 1 aromatic heterocycles. The van der Waals surface area contributed by atoms with Crippen LogP contribution in [0.25, 0.3) is 0 Å². The molecule has 9 heteroatoms. The molecule has 1 amide bonds. The van der Waals surface area contributed by atoms with E-state index in [0.29, 0.717) is 5.96 Å². The normalized spacial score (nSPS) is 14.2. The van der Waals surface area contributed by atoms with Gasteiger partial charge in [-0.2, -0.15) is 5.10 Å². The van der Waals surface area contributed by atoms with Crippen LogP contribution in [0.3, 0.4) is 0 Å². The van der Waals surface area contributed by atoms with Crippen LogP contribution in [0.1, 0.15) is 17.8 Å². The third kappa shape index (κ3) is 7.41. The van der Waals surface area contributed by atoms with Crippen molar-refractivity contribution in [3.63, 3.8) is 0 Å². The van der Waals surface area contributed by atoms with Crippen molar-refractivity contribution in [2.45, 2.75) is 26.8 Å². The SMILES string of the molecule is CN=C(NCCCn1nc(C)cc1C)NCC(=O)N1CCN(c2ccccc2)CC1.I. The zero-order valence-corrected chi connectivity index (χ0v) is 21.0. The molecule has 8 nitrogen and oxygen atoms in total. The summed E-state index contributed by atoms with van der Waals surface area (Å²) in [5.41, 5.74) is 3.43. The summed E-state index contributed by atoms with van der Waals surface area (Å²) >= 11 is 0. The minimum Gasteiger partial charge on any atom is -0.368 e. The van der Waals surface area contributed by atoms with Crippen LogP contribution in [0, 0.1) is 13.8 Å². The lowest BCUT2D eigenvalue weighted by molar-refractivity contribution is -0.130. The molecular weight excluding hydrogens is 505 g/mol. The van der Waals surface area contributed by atoms with Gasteiger partial charge in [0.25, 0.3) is 0 Å². The predicted molar refractivity (Wildman–Crippen MR) is 136 cm³/mol. The molecule has 1 aliphatic heterocycles. The molecule has 2 aromatic rings. The first-order valence-corrected chi connectivity index (χ1v) is 10.6. The lowest BCUT2D eigenvalue weighted by Gasteiger charge is -2.36. The van der Waals surface area contributed by atoms with E-state index in [9.17, 15) is 4.79 Å². The number of guanidine groups is 1. The number of aromatic nitrogens is 2. The summed E-state index contributed by atoms with van der Waals surface area (Å²) in [6.07, 6.45) is 0.929. The molecule has 31 heavy (non-hydrogen) atoms. The molecule has 3 rings (SSSR count). The van der Waals surface area contributed by atoms with Gasteiger partial charge >= 0.3 is 0 Å². The van der Waals surface area contributed by atoms with Gasteiger partial charge in [0.2, 0.25) is 5.91 Å². The van der Waals surface area contributed by atoms with Crippen molar-refractivity contribution >= 4 is 41.5 Å². The largest absolute Gasteiger partial charge is 0.368 e. The van der Waals surface area contributed by atoms with E-state index >= 15 is 0 Å². The first-order chi connectivity index (χ1) is 14.6. The van der Waals surface area contributed by atoms with Crippen molar-refractivity contribution < 1.29 is 4.79 Å². The Labute approximate surface area is 202 Å². The molecule has 1 saturated heterocycles. The Hall–Kier alpha value is -2.30. The van der Waals surface area contributed by atoms with Crippen molar-refractivity contribution in [1.82, 2.24) is 25.3 Å². The number of hydrogen-bond donors (Lipinski definition) is 2. The molecule has 2 N–H and O–H groups in total. The summed E-state index contributed by atoms with van der Waals surface area (Å²) < 4.78 is 2.02. The van der Waals surface area contributed by atoms with Crippen molar-refractivity contribution in [3.05, 3.63) is 47.8 Å². The molecule has 0 radical (unpaired) electrons. The van der Waals surface area contributed by atoms with Crippen LogP contribution in [-0.4, -0.2) is 72.9 Å². The maximum atomic E-state index is 12.6. The van der Waals surface area contributed by atoms with Gasteiger partial charge in [-0.3, -0.25) is 14.5 Å². The summed E-state index contributed by atoms with van der Waals surface area (Å²) in [7, 11) is 1.72. The zero-order valence-electron chi connectivity index (χ0n) is 18.7. The number of amides is 1. The number of nitrogens with one attached hydrogen (secondary N) is 2. The van der Waals surface area contributed by atoms with Crippen molar-refractivity contribution in [2.75, 3.05) is 51.2 Å². The predicted octanol–water partition coefficient (Wildman–Crippen LogP) is 2.02. The van der Waals surface area contributed by atoms with Gasteiger partial charge in [-0.1, -0.05) is 18.2 Å². The van der Waals surface area contributed by atoms with Crippen LogP contribution >= 0.6 is 24.0 Å². The molecule has 0 spiro atoms. The maximum Gasteiger partial charge on any atom is 0.242 e. The van der Waals surface area contributed by atoms with Crippen molar-refractivity contribution in [1.29, 1.82) is 0 Å². The molecule has 0 atom stereocenters. The summed E-state index contributed by atoms with van der Waals surface area (Å²) in [5.74, 6) is 0.757. The van der Waals surface area contributed by atoms with Crippen LogP contribution < -0.4 is 15.5 Å². The molecule has 0 bridgehead atoms. The highest BCUT2D eigenvalue weighted by Crippen LogP contribution is 2.15. The highest BCUT2D eigenvalue weighted by atomic mass is 127. The lowest BCUT2D eigenvalue weighted by Crippen LogP contribution is -2.52. The second kappa shape index (κ2) is 12.5. The highest BCUT2D eigenvalue weighted by Gasteiger charge is 2.21. The van der Waals surface area contributed by atoms with E-state index in [1.54, 1.807) is 7.05 Å². The lowest BCUT2D eigenvalue weighted by atomic mass is 10.2. The minimum atomic E-state index is 0. The third-order valence-corrected chi connectivity index (χ3v) is 5.33. The van der Waals surface area contributed by atoms with Crippen LogP contribution in [0.2, 0.25) is 0 Å². The summed E-state index contributed by atoms with van der Waals surface area (Å²) in [5, 5.41) is 10.9. The number of halogens is 1. The van der Waals surface area contributed by atoms with Crippen LogP contribution in [0.15, 0.2) is 41.4 Å². The number of nitrogens with zero attached hydrogens (tertiary/aromatic N) is 5. The quantitative estimate of drug-likeness (QED) is 0.244. The van der Waals surface area contributed by atoms with Gasteiger partial charge in [0, 0.05) is 57.7 Å². The van der Waals surface area contributed by atoms with E-state index in [-0.39, 0.29) is 36.4 Å². The molecule has 170 valence electrons. The second-order valence-electron chi connectivity index (χ2n) is 7.56. The van der Waals surface area contributed by atoms with Gasteiger partial charge in [0.1, 0.15) is 0 Å². The molecule has 1 fully saturated rings. The number of piperazine rings is 1. The molecule has 0 saturated carbocycles. The van der Waals surface area contributed by atoms with E-state index in [1.807, 2.05) is 34.7 Å². The number of rotatable bonds is 7. The van der Waals surface area contributed by atoms with Gasteiger partial charge in [0.05, 0.1) is 12.2 Å². The van der Waals surface area contributed by atoms with Gasteiger partial charge in [-0.05, 0) is 38.5 Å². The Bertz CT molecular complexity index is 845. The topological polar surface area (TPSA) is 77.8 Å². The first-order valence-electron chi connectivity index (χ1n) is 10.6. The summed E-state index contributed by atoms with van der Waals surface area (Å²) in [6.45, 7) is 9.14. The van der Waals surface area contributed by atoms with E-state index in [2.05, 4.69) is 50.7 Å². The van der Waals surface area contributed by atoms with Crippen molar-refractivity contribution in [2.24, 2.45) is 4.99 Å². The third-order valence-electron chi connectivity index (χ3n) is 5.33. The van der Waals surface area contributed by atoms with Gasteiger partial charge in [0.15, 0.2) is 5.96 Å². The smallest absolute Gasteiger partial charge is 0.242 e. The van der Waals surface area contributed by atoms with Crippen LogP contribution in [0.4, 0.5) is 5.69 Å². The Kier molecular flexibility index (Phi) is 10.1. The number of hydrogen-bond acceptors (Lipinski definition) is 4. The fourth-order valence-electron chi connectivity index (χ4n) is 3.68. The van der Waals surface area contributed by atoms with Gasteiger partial charge < -0.3 is 20.4 Å². The maximum absolute atomic E-state index is 12.6. The molecule has 0 aliphatic carbocycles. The molecule has 1 aromatic carbocycles. The van der Waals surface area contributed by atoms with E-state index in [4.69, 9.17) is 0 Å². The van der Waals surface area contributed by atoms with E-state index < -0.39 is 0 Å². The minimum absolute atomic E-state index is 0. The van der Waals surface area contributed by atoms with Crippen LogP contribution in [-0.2, 0) is 11.3 Å².